The van der Waals surface area contributed by atoms with Crippen LogP contribution < -0.4 is 20.3 Å². The van der Waals surface area contributed by atoms with Crippen molar-refractivity contribution in [2.45, 2.75) is 12.5 Å². The number of nitrogens with zero attached hydrogens (tertiary/aromatic N) is 3. The first-order valence-corrected chi connectivity index (χ1v) is 11.1. The van der Waals surface area contributed by atoms with E-state index >= 15 is 0 Å². The Morgan fingerprint density at radius 1 is 1.06 bits per heavy atom. The summed E-state index contributed by atoms with van der Waals surface area (Å²) in [4.78, 5) is 11.5. The molecule has 6 nitrogen and oxygen atoms in total. The lowest BCUT2D eigenvalue weighted by molar-refractivity contribution is 0.195. The summed E-state index contributed by atoms with van der Waals surface area (Å²) >= 11 is 0. The van der Waals surface area contributed by atoms with Gasteiger partial charge in [0.1, 0.15) is 11.9 Å². The van der Waals surface area contributed by atoms with Gasteiger partial charge in [-0.25, -0.2) is 9.97 Å². The lowest BCUT2D eigenvalue weighted by atomic mass is 10.1. The van der Waals surface area contributed by atoms with Crippen LogP contribution in [0.25, 0.3) is 11.3 Å². The van der Waals surface area contributed by atoms with Crippen LogP contribution >= 0.6 is 0 Å². The zero-order valence-corrected chi connectivity index (χ0v) is 18.8. The normalized spacial score (nSPS) is 14.2. The molecule has 0 amide bonds. The molecule has 1 fully saturated rings. The van der Waals surface area contributed by atoms with E-state index < -0.39 is 0 Å². The van der Waals surface area contributed by atoms with Gasteiger partial charge in [-0.05, 0) is 37.4 Å². The average molecular weight is 432 g/mol. The van der Waals surface area contributed by atoms with Crippen molar-refractivity contribution in [1.82, 2.24) is 20.6 Å². The third kappa shape index (κ3) is 6.39. The first-order chi connectivity index (χ1) is 15.8. The molecule has 4 rings (SSSR count). The molecule has 168 valence electrons. The maximum atomic E-state index is 6.41. The van der Waals surface area contributed by atoms with E-state index in [1.807, 2.05) is 37.5 Å². The van der Waals surface area contributed by atoms with Crippen LogP contribution in [0.4, 0.5) is 5.95 Å². The first kappa shape index (κ1) is 23.4. The Balaban J connectivity index is 0.00000141. The van der Waals surface area contributed by atoms with Crippen molar-refractivity contribution in [3.63, 3.8) is 0 Å². The molecule has 1 aliphatic rings. The maximum Gasteiger partial charge on any atom is 0.225 e. The van der Waals surface area contributed by atoms with E-state index in [0.29, 0.717) is 0 Å². The third-order valence-corrected chi connectivity index (χ3v) is 5.28. The molecule has 0 radical (unpaired) electrons. The molecule has 1 aliphatic heterocycles. The van der Waals surface area contributed by atoms with E-state index in [-0.39, 0.29) is 6.10 Å². The number of aromatic nitrogens is 2. The highest BCUT2D eigenvalue weighted by Gasteiger charge is 2.15. The Kier molecular flexibility index (Phi) is 9.22. The molecule has 32 heavy (non-hydrogen) atoms. The van der Waals surface area contributed by atoms with Gasteiger partial charge in [0.25, 0.3) is 0 Å². The lowest BCUT2D eigenvalue weighted by Gasteiger charge is -2.27. The SMILES string of the molecule is C=C.CNCCC(Oc1cccc(-c2ccnc(N3CCNCC3)n2)c1)c1ccccc1. The van der Waals surface area contributed by atoms with Gasteiger partial charge < -0.3 is 20.3 Å². The summed E-state index contributed by atoms with van der Waals surface area (Å²) in [6.45, 7) is 10.7. The highest BCUT2D eigenvalue weighted by Crippen LogP contribution is 2.28. The Morgan fingerprint density at radius 2 is 1.84 bits per heavy atom. The predicted molar refractivity (Wildman–Crippen MR) is 132 cm³/mol. The van der Waals surface area contributed by atoms with Gasteiger partial charge >= 0.3 is 0 Å². The topological polar surface area (TPSA) is 62.3 Å². The average Bonchev–Trinajstić information content (AvgIpc) is 2.89. The van der Waals surface area contributed by atoms with Gasteiger partial charge in [0.05, 0.1) is 5.69 Å². The Bertz CT molecular complexity index is 944. The molecule has 0 spiro atoms. The number of piperazine rings is 1. The Hall–Kier alpha value is -3.22. The van der Waals surface area contributed by atoms with Gasteiger partial charge in [-0.2, -0.15) is 0 Å². The van der Waals surface area contributed by atoms with Crippen molar-refractivity contribution in [3.05, 3.63) is 85.6 Å². The van der Waals surface area contributed by atoms with E-state index in [9.17, 15) is 0 Å². The smallest absolute Gasteiger partial charge is 0.225 e. The summed E-state index contributed by atoms with van der Waals surface area (Å²) < 4.78 is 6.41. The molecule has 0 saturated carbocycles. The summed E-state index contributed by atoms with van der Waals surface area (Å²) in [5, 5.41) is 6.59. The van der Waals surface area contributed by atoms with Gasteiger partial charge in [-0.15, -0.1) is 13.2 Å². The molecule has 0 aliphatic carbocycles. The molecule has 2 heterocycles. The van der Waals surface area contributed by atoms with Gasteiger partial charge in [0.2, 0.25) is 5.95 Å². The molecule has 6 heteroatoms. The van der Waals surface area contributed by atoms with E-state index in [1.165, 1.54) is 5.56 Å². The van der Waals surface area contributed by atoms with Crippen LogP contribution in [0, 0.1) is 0 Å². The fourth-order valence-corrected chi connectivity index (χ4v) is 3.66. The molecular weight excluding hydrogens is 398 g/mol. The molecule has 2 aromatic carbocycles. The monoisotopic (exact) mass is 431 g/mol. The van der Waals surface area contributed by atoms with Crippen LogP contribution in [0.15, 0.2) is 80.0 Å². The Morgan fingerprint density at radius 3 is 2.59 bits per heavy atom. The second-order valence-electron chi connectivity index (χ2n) is 7.42. The van der Waals surface area contributed by atoms with E-state index in [4.69, 9.17) is 9.72 Å². The summed E-state index contributed by atoms with van der Waals surface area (Å²) in [7, 11) is 1.97. The lowest BCUT2D eigenvalue weighted by Crippen LogP contribution is -2.44. The minimum atomic E-state index is -0.00397. The minimum Gasteiger partial charge on any atom is -0.486 e. The molecule has 1 saturated heterocycles. The van der Waals surface area contributed by atoms with E-state index in [2.05, 4.69) is 70.1 Å². The summed E-state index contributed by atoms with van der Waals surface area (Å²) in [5.74, 6) is 1.64. The van der Waals surface area contributed by atoms with E-state index in [0.717, 1.165) is 62.1 Å². The summed E-state index contributed by atoms with van der Waals surface area (Å²) in [5.41, 5.74) is 3.13. The van der Waals surface area contributed by atoms with Crippen molar-refractivity contribution in [2.75, 3.05) is 44.7 Å². The van der Waals surface area contributed by atoms with Crippen molar-refractivity contribution >= 4 is 5.95 Å². The van der Waals surface area contributed by atoms with Crippen LogP contribution in [0.1, 0.15) is 18.1 Å². The number of ether oxygens (including phenoxy) is 1. The molecule has 1 unspecified atom stereocenters. The van der Waals surface area contributed by atoms with Crippen LogP contribution in [0.2, 0.25) is 0 Å². The number of hydrogen-bond donors (Lipinski definition) is 2. The highest BCUT2D eigenvalue weighted by atomic mass is 16.5. The number of anilines is 1. The predicted octanol–water partition coefficient (Wildman–Crippen LogP) is 4.09. The number of benzene rings is 2. The zero-order valence-electron chi connectivity index (χ0n) is 18.8. The van der Waals surface area contributed by atoms with Crippen LogP contribution in [0.5, 0.6) is 5.75 Å². The minimum absolute atomic E-state index is 0.00397. The van der Waals surface area contributed by atoms with Crippen LogP contribution in [-0.2, 0) is 0 Å². The molecule has 0 bridgehead atoms. The highest BCUT2D eigenvalue weighted by molar-refractivity contribution is 5.62. The fourth-order valence-electron chi connectivity index (χ4n) is 3.66. The standard InChI is InChI=1S/C24H29N5O.C2H4/c1-25-12-11-23(19-6-3-2-4-7-19)30-21-9-5-8-20(18-21)22-10-13-27-24(28-22)29-16-14-26-15-17-29;1-2/h2-10,13,18,23,25-26H,11-12,14-17H2,1H3;1-2H2. The van der Waals surface area contributed by atoms with Crippen molar-refractivity contribution in [3.8, 4) is 17.0 Å². The third-order valence-electron chi connectivity index (χ3n) is 5.28. The van der Waals surface area contributed by atoms with Gasteiger partial charge in [-0.1, -0.05) is 42.5 Å². The van der Waals surface area contributed by atoms with Gasteiger partial charge in [0.15, 0.2) is 0 Å². The molecule has 1 aromatic heterocycles. The molecule has 1 atom stereocenters. The molecule has 2 N–H and O–H groups in total. The summed E-state index contributed by atoms with van der Waals surface area (Å²) in [6.07, 6.45) is 2.73. The van der Waals surface area contributed by atoms with Crippen LogP contribution in [0.3, 0.4) is 0 Å². The Labute approximate surface area is 191 Å². The second-order valence-corrected chi connectivity index (χ2v) is 7.42. The second kappa shape index (κ2) is 12.6. The van der Waals surface area contributed by atoms with Crippen molar-refractivity contribution in [2.24, 2.45) is 0 Å². The first-order valence-electron chi connectivity index (χ1n) is 11.1. The van der Waals surface area contributed by atoms with E-state index in [1.54, 1.807) is 0 Å². The quantitative estimate of drug-likeness (QED) is 0.524. The summed E-state index contributed by atoms with van der Waals surface area (Å²) in [6, 6.07) is 20.5. The van der Waals surface area contributed by atoms with Gasteiger partial charge in [-0.3, -0.25) is 0 Å². The van der Waals surface area contributed by atoms with Crippen molar-refractivity contribution < 1.29 is 4.74 Å². The maximum absolute atomic E-state index is 6.41. The van der Waals surface area contributed by atoms with Gasteiger partial charge in [0, 0.05) is 44.4 Å². The number of hydrogen-bond acceptors (Lipinski definition) is 6. The fraction of sp³-hybridized carbons (Fsp3) is 0.308. The largest absolute Gasteiger partial charge is 0.486 e. The molecule has 3 aromatic rings. The zero-order chi connectivity index (χ0) is 22.6. The van der Waals surface area contributed by atoms with Crippen LogP contribution in [-0.4, -0.2) is 49.7 Å². The molecular formula is C26H33N5O. The number of nitrogens with one attached hydrogen (secondary N) is 2. The number of rotatable bonds is 8. The van der Waals surface area contributed by atoms with Crippen molar-refractivity contribution in [1.29, 1.82) is 0 Å².